The van der Waals surface area contributed by atoms with E-state index in [-0.39, 0.29) is 6.04 Å². The highest BCUT2D eigenvalue weighted by Gasteiger charge is 2.13. The predicted molar refractivity (Wildman–Crippen MR) is 81.2 cm³/mol. The number of hydrogen-bond acceptors (Lipinski definition) is 5. The molecule has 1 aliphatic rings. The molecule has 1 heterocycles. The van der Waals surface area contributed by atoms with Crippen LogP contribution < -0.4 is 14.8 Å². The Morgan fingerprint density at radius 3 is 2.76 bits per heavy atom. The number of fused-ring (bicyclic) bond motifs is 1. The smallest absolute Gasteiger partial charge is 0.161 e. The van der Waals surface area contributed by atoms with Crippen molar-refractivity contribution in [1.29, 1.82) is 0 Å². The van der Waals surface area contributed by atoms with E-state index >= 15 is 0 Å². The number of hydrogen-bond donors (Lipinski definition) is 1. The van der Waals surface area contributed by atoms with Crippen LogP contribution in [-0.4, -0.2) is 46.7 Å². The molecule has 0 amide bonds. The molecule has 0 spiro atoms. The van der Waals surface area contributed by atoms with Crippen molar-refractivity contribution in [2.75, 3.05) is 46.7 Å². The Balaban J connectivity index is 1.79. The second-order valence-electron chi connectivity index (χ2n) is 5.04. The van der Waals surface area contributed by atoms with Crippen LogP contribution in [0.1, 0.15) is 24.9 Å². The van der Waals surface area contributed by atoms with Crippen molar-refractivity contribution < 1.29 is 18.9 Å². The van der Waals surface area contributed by atoms with Gasteiger partial charge in [-0.05, 0) is 24.6 Å². The zero-order valence-electron chi connectivity index (χ0n) is 12.9. The lowest BCUT2D eigenvalue weighted by Gasteiger charge is -2.16. The zero-order valence-corrected chi connectivity index (χ0v) is 12.9. The molecule has 1 aromatic rings. The molecule has 2 rings (SSSR count). The molecule has 1 aliphatic heterocycles. The maximum Gasteiger partial charge on any atom is 0.161 e. The Morgan fingerprint density at radius 1 is 1.14 bits per heavy atom. The highest BCUT2D eigenvalue weighted by atomic mass is 16.5. The lowest BCUT2D eigenvalue weighted by molar-refractivity contribution is 0.0712. The maximum absolute atomic E-state index is 5.72. The molecule has 0 fully saturated rings. The monoisotopic (exact) mass is 295 g/mol. The van der Waals surface area contributed by atoms with Gasteiger partial charge in [0.1, 0.15) is 0 Å². The van der Waals surface area contributed by atoms with Gasteiger partial charge in [-0.2, -0.15) is 0 Å². The average Bonchev–Trinajstić information content (AvgIpc) is 2.75. The topological polar surface area (TPSA) is 49.0 Å². The minimum absolute atomic E-state index is 0.244. The predicted octanol–water partition coefficient (Wildman–Crippen LogP) is 2.16. The Bertz CT molecular complexity index is 425. The van der Waals surface area contributed by atoms with Gasteiger partial charge in [0.05, 0.1) is 33.0 Å². The Hall–Kier alpha value is -1.30. The average molecular weight is 295 g/mol. The fraction of sp³-hybridized carbons (Fsp3) is 0.625. The van der Waals surface area contributed by atoms with Crippen LogP contribution in [0.3, 0.4) is 0 Å². The standard InChI is InChI=1S/C16H25NO4/c1-13(17-6-9-19-11-10-18-2)14-4-5-15-16(12-14)21-8-3-7-20-15/h4-5,12-13,17H,3,6-11H2,1-2H3. The normalized spacial score (nSPS) is 15.5. The summed E-state index contributed by atoms with van der Waals surface area (Å²) < 4.78 is 21.7. The highest BCUT2D eigenvalue weighted by Crippen LogP contribution is 2.32. The molecule has 0 aliphatic carbocycles. The summed E-state index contributed by atoms with van der Waals surface area (Å²) in [5, 5.41) is 3.44. The van der Waals surface area contributed by atoms with Crippen molar-refractivity contribution >= 4 is 0 Å². The van der Waals surface area contributed by atoms with Gasteiger partial charge >= 0.3 is 0 Å². The van der Waals surface area contributed by atoms with E-state index in [9.17, 15) is 0 Å². The minimum atomic E-state index is 0.244. The number of methoxy groups -OCH3 is 1. The largest absolute Gasteiger partial charge is 0.490 e. The first-order chi connectivity index (χ1) is 10.3. The van der Waals surface area contributed by atoms with E-state index in [0.29, 0.717) is 26.4 Å². The molecule has 1 N–H and O–H groups in total. The molecule has 5 heteroatoms. The van der Waals surface area contributed by atoms with E-state index in [1.165, 1.54) is 5.56 Å². The zero-order chi connectivity index (χ0) is 14.9. The number of nitrogens with one attached hydrogen (secondary N) is 1. The van der Waals surface area contributed by atoms with Gasteiger partial charge in [0.2, 0.25) is 0 Å². The molecule has 118 valence electrons. The van der Waals surface area contributed by atoms with Gasteiger partial charge in [-0.3, -0.25) is 0 Å². The lowest BCUT2D eigenvalue weighted by Crippen LogP contribution is -2.23. The third kappa shape index (κ3) is 5.19. The molecule has 0 bridgehead atoms. The first-order valence-electron chi connectivity index (χ1n) is 7.51. The highest BCUT2D eigenvalue weighted by molar-refractivity contribution is 5.44. The molecule has 21 heavy (non-hydrogen) atoms. The summed E-state index contributed by atoms with van der Waals surface area (Å²) in [5.74, 6) is 1.68. The summed E-state index contributed by atoms with van der Waals surface area (Å²) in [7, 11) is 1.67. The Labute approximate surface area is 126 Å². The number of rotatable bonds is 8. The molecule has 0 aromatic heterocycles. The van der Waals surface area contributed by atoms with Crippen molar-refractivity contribution in [1.82, 2.24) is 5.32 Å². The summed E-state index contributed by atoms with van der Waals surface area (Å²) in [6.07, 6.45) is 0.927. The van der Waals surface area contributed by atoms with Crippen molar-refractivity contribution in [3.63, 3.8) is 0 Å². The molecule has 1 aromatic carbocycles. The van der Waals surface area contributed by atoms with Gasteiger partial charge in [0.25, 0.3) is 0 Å². The quantitative estimate of drug-likeness (QED) is 0.745. The fourth-order valence-corrected chi connectivity index (χ4v) is 2.16. The van der Waals surface area contributed by atoms with Crippen molar-refractivity contribution in [3.8, 4) is 11.5 Å². The summed E-state index contributed by atoms with van der Waals surface area (Å²) in [6, 6.07) is 6.37. The summed E-state index contributed by atoms with van der Waals surface area (Å²) in [6.45, 7) is 6.32. The van der Waals surface area contributed by atoms with Crippen molar-refractivity contribution in [2.24, 2.45) is 0 Å². The second-order valence-corrected chi connectivity index (χ2v) is 5.04. The van der Waals surface area contributed by atoms with E-state index in [2.05, 4.69) is 24.4 Å². The van der Waals surface area contributed by atoms with Gasteiger partial charge in [0, 0.05) is 26.1 Å². The van der Waals surface area contributed by atoms with Crippen LogP contribution in [0.5, 0.6) is 11.5 Å². The van der Waals surface area contributed by atoms with Crippen LogP contribution in [0, 0.1) is 0 Å². The Kier molecular flexibility index (Phi) is 6.79. The lowest BCUT2D eigenvalue weighted by atomic mass is 10.1. The molecule has 0 radical (unpaired) electrons. The van der Waals surface area contributed by atoms with Crippen LogP contribution in [0.2, 0.25) is 0 Å². The second kappa shape index (κ2) is 8.87. The summed E-state index contributed by atoms with van der Waals surface area (Å²) in [5.41, 5.74) is 1.19. The SMILES string of the molecule is COCCOCCNC(C)c1ccc2c(c1)OCCCO2. The summed E-state index contributed by atoms with van der Waals surface area (Å²) in [4.78, 5) is 0. The third-order valence-electron chi connectivity index (χ3n) is 3.40. The van der Waals surface area contributed by atoms with Crippen LogP contribution in [0.4, 0.5) is 0 Å². The maximum atomic E-state index is 5.72. The molecular formula is C16H25NO4. The number of benzene rings is 1. The number of ether oxygens (including phenoxy) is 4. The molecular weight excluding hydrogens is 270 g/mol. The van der Waals surface area contributed by atoms with Crippen LogP contribution in [-0.2, 0) is 9.47 Å². The summed E-state index contributed by atoms with van der Waals surface area (Å²) >= 11 is 0. The van der Waals surface area contributed by atoms with E-state index in [4.69, 9.17) is 18.9 Å². The van der Waals surface area contributed by atoms with Crippen LogP contribution >= 0.6 is 0 Å². The first kappa shape index (κ1) is 16.1. The molecule has 0 saturated carbocycles. The van der Waals surface area contributed by atoms with Gasteiger partial charge in [-0.15, -0.1) is 0 Å². The van der Waals surface area contributed by atoms with E-state index in [1.807, 2.05) is 6.07 Å². The third-order valence-corrected chi connectivity index (χ3v) is 3.40. The van der Waals surface area contributed by atoms with E-state index in [1.54, 1.807) is 7.11 Å². The first-order valence-corrected chi connectivity index (χ1v) is 7.51. The van der Waals surface area contributed by atoms with Gasteiger partial charge in [-0.1, -0.05) is 6.07 Å². The minimum Gasteiger partial charge on any atom is -0.490 e. The van der Waals surface area contributed by atoms with Crippen LogP contribution in [0.25, 0.3) is 0 Å². The van der Waals surface area contributed by atoms with Gasteiger partial charge in [-0.25, -0.2) is 0 Å². The van der Waals surface area contributed by atoms with Gasteiger partial charge in [0.15, 0.2) is 11.5 Å². The van der Waals surface area contributed by atoms with Crippen molar-refractivity contribution in [2.45, 2.75) is 19.4 Å². The van der Waals surface area contributed by atoms with Gasteiger partial charge < -0.3 is 24.3 Å². The van der Waals surface area contributed by atoms with Crippen LogP contribution in [0.15, 0.2) is 18.2 Å². The fourth-order valence-electron chi connectivity index (χ4n) is 2.16. The molecule has 0 saturated heterocycles. The van der Waals surface area contributed by atoms with E-state index < -0.39 is 0 Å². The van der Waals surface area contributed by atoms with E-state index in [0.717, 1.165) is 31.1 Å². The molecule has 5 nitrogen and oxygen atoms in total. The Morgan fingerprint density at radius 2 is 1.95 bits per heavy atom. The van der Waals surface area contributed by atoms with Crippen molar-refractivity contribution in [3.05, 3.63) is 23.8 Å². The molecule has 1 unspecified atom stereocenters. The molecule has 1 atom stereocenters.